The SMILES string of the molecule is NCCN(c1ccccc1)C1CCC1. The number of rotatable bonds is 4. The fourth-order valence-electron chi connectivity index (χ4n) is 1.98. The Hall–Kier alpha value is -1.02. The lowest BCUT2D eigenvalue weighted by molar-refractivity contribution is 0.388. The Morgan fingerprint density at radius 2 is 1.93 bits per heavy atom. The lowest BCUT2D eigenvalue weighted by atomic mass is 9.91. The first-order chi connectivity index (χ1) is 6.92. The van der Waals surface area contributed by atoms with Gasteiger partial charge in [-0.3, -0.25) is 0 Å². The summed E-state index contributed by atoms with van der Waals surface area (Å²) in [5.41, 5.74) is 6.96. The molecule has 0 aliphatic heterocycles. The summed E-state index contributed by atoms with van der Waals surface area (Å²) in [6, 6.07) is 11.3. The van der Waals surface area contributed by atoms with Crippen LogP contribution in [-0.4, -0.2) is 19.1 Å². The van der Waals surface area contributed by atoms with E-state index in [0.717, 1.165) is 19.1 Å². The molecule has 0 radical (unpaired) electrons. The van der Waals surface area contributed by atoms with Gasteiger partial charge in [-0.1, -0.05) is 18.2 Å². The van der Waals surface area contributed by atoms with Crippen LogP contribution in [0.2, 0.25) is 0 Å². The number of anilines is 1. The van der Waals surface area contributed by atoms with E-state index in [2.05, 4.69) is 35.2 Å². The topological polar surface area (TPSA) is 29.3 Å². The lowest BCUT2D eigenvalue weighted by Gasteiger charge is -2.39. The summed E-state index contributed by atoms with van der Waals surface area (Å²) < 4.78 is 0. The van der Waals surface area contributed by atoms with Gasteiger partial charge in [0.1, 0.15) is 0 Å². The summed E-state index contributed by atoms with van der Waals surface area (Å²) in [6.07, 6.45) is 4.03. The van der Waals surface area contributed by atoms with E-state index in [1.165, 1.54) is 24.9 Å². The van der Waals surface area contributed by atoms with Gasteiger partial charge in [0, 0.05) is 24.8 Å². The number of nitrogens with zero attached hydrogens (tertiary/aromatic N) is 1. The zero-order valence-electron chi connectivity index (χ0n) is 8.52. The highest BCUT2D eigenvalue weighted by Gasteiger charge is 2.24. The molecule has 1 aliphatic carbocycles. The molecule has 14 heavy (non-hydrogen) atoms. The molecule has 0 saturated heterocycles. The molecule has 0 aromatic heterocycles. The van der Waals surface area contributed by atoms with Crippen molar-refractivity contribution in [3.8, 4) is 0 Å². The number of para-hydroxylation sites is 1. The zero-order valence-corrected chi connectivity index (χ0v) is 8.52. The molecule has 2 rings (SSSR count). The van der Waals surface area contributed by atoms with Crippen molar-refractivity contribution in [1.82, 2.24) is 0 Å². The minimum atomic E-state index is 0.737. The van der Waals surface area contributed by atoms with Gasteiger partial charge in [-0.05, 0) is 31.4 Å². The molecule has 0 unspecified atom stereocenters. The highest BCUT2D eigenvalue weighted by atomic mass is 15.2. The summed E-state index contributed by atoms with van der Waals surface area (Å²) in [7, 11) is 0. The monoisotopic (exact) mass is 190 g/mol. The van der Waals surface area contributed by atoms with E-state index in [-0.39, 0.29) is 0 Å². The van der Waals surface area contributed by atoms with Crippen molar-refractivity contribution in [2.75, 3.05) is 18.0 Å². The van der Waals surface area contributed by atoms with Crippen LogP contribution in [0.25, 0.3) is 0 Å². The minimum Gasteiger partial charge on any atom is -0.367 e. The number of hydrogen-bond acceptors (Lipinski definition) is 2. The molecule has 1 fully saturated rings. The van der Waals surface area contributed by atoms with E-state index in [9.17, 15) is 0 Å². The molecule has 1 saturated carbocycles. The third-order valence-electron chi connectivity index (χ3n) is 2.97. The molecule has 0 spiro atoms. The molecular formula is C12H18N2. The van der Waals surface area contributed by atoms with Gasteiger partial charge < -0.3 is 10.6 Å². The maximum Gasteiger partial charge on any atom is 0.0369 e. The molecule has 76 valence electrons. The van der Waals surface area contributed by atoms with Crippen LogP contribution in [-0.2, 0) is 0 Å². The van der Waals surface area contributed by atoms with Crippen LogP contribution >= 0.6 is 0 Å². The minimum absolute atomic E-state index is 0.737. The Morgan fingerprint density at radius 1 is 1.21 bits per heavy atom. The van der Waals surface area contributed by atoms with Crippen LogP contribution in [0.15, 0.2) is 30.3 Å². The predicted octanol–water partition coefficient (Wildman–Crippen LogP) is 2.00. The average Bonchev–Trinajstić information content (AvgIpc) is 2.16. The third-order valence-corrected chi connectivity index (χ3v) is 2.97. The van der Waals surface area contributed by atoms with Gasteiger partial charge in [0.25, 0.3) is 0 Å². The second-order valence-electron chi connectivity index (χ2n) is 3.90. The molecule has 0 amide bonds. The molecule has 2 heteroatoms. The fraction of sp³-hybridized carbons (Fsp3) is 0.500. The van der Waals surface area contributed by atoms with Gasteiger partial charge >= 0.3 is 0 Å². The van der Waals surface area contributed by atoms with E-state index < -0.39 is 0 Å². The molecule has 0 heterocycles. The highest BCUT2D eigenvalue weighted by molar-refractivity contribution is 5.47. The van der Waals surface area contributed by atoms with Crippen molar-refractivity contribution in [1.29, 1.82) is 0 Å². The Labute approximate surface area is 85.7 Å². The van der Waals surface area contributed by atoms with E-state index in [1.807, 2.05) is 0 Å². The molecular weight excluding hydrogens is 172 g/mol. The summed E-state index contributed by atoms with van der Waals surface area (Å²) >= 11 is 0. The molecule has 2 N–H and O–H groups in total. The summed E-state index contributed by atoms with van der Waals surface area (Å²) in [6.45, 7) is 1.72. The Bertz CT molecular complexity index is 267. The van der Waals surface area contributed by atoms with Crippen molar-refractivity contribution >= 4 is 5.69 Å². The van der Waals surface area contributed by atoms with Crippen molar-refractivity contribution in [2.45, 2.75) is 25.3 Å². The standard InChI is InChI=1S/C12H18N2/c13-9-10-14(12-7-4-8-12)11-5-2-1-3-6-11/h1-3,5-6,12H,4,7-10,13H2. The molecule has 1 aromatic rings. The predicted molar refractivity (Wildman–Crippen MR) is 60.5 cm³/mol. The molecule has 2 nitrogen and oxygen atoms in total. The Morgan fingerprint density at radius 3 is 2.43 bits per heavy atom. The zero-order chi connectivity index (χ0) is 9.80. The second kappa shape index (κ2) is 4.47. The van der Waals surface area contributed by atoms with Gasteiger partial charge in [-0.15, -0.1) is 0 Å². The molecule has 0 bridgehead atoms. The number of benzene rings is 1. The first-order valence-electron chi connectivity index (χ1n) is 5.43. The van der Waals surface area contributed by atoms with Crippen molar-refractivity contribution < 1.29 is 0 Å². The fourth-order valence-corrected chi connectivity index (χ4v) is 1.98. The van der Waals surface area contributed by atoms with E-state index >= 15 is 0 Å². The molecule has 1 aromatic carbocycles. The lowest BCUT2D eigenvalue weighted by Crippen LogP contribution is -2.42. The molecule has 0 atom stereocenters. The largest absolute Gasteiger partial charge is 0.367 e. The summed E-state index contributed by atoms with van der Waals surface area (Å²) in [4.78, 5) is 2.45. The van der Waals surface area contributed by atoms with Crippen LogP contribution in [0, 0.1) is 0 Å². The maximum absolute atomic E-state index is 5.64. The van der Waals surface area contributed by atoms with E-state index in [0.29, 0.717) is 0 Å². The van der Waals surface area contributed by atoms with Crippen molar-refractivity contribution in [2.24, 2.45) is 5.73 Å². The van der Waals surface area contributed by atoms with Crippen LogP contribution in [0.5, 0.6) is 0 Å². The first-order valence-corrected chi connectivity index (χ1v) is 5.43. The average molecular weight is 190 g/mol. The van der Waals surface area contributed by atoms with Crippen molar-refractivity contribution in [3.05, 3.63) is 30.3 Å². The summed E-state index contributed by atoms with van der Waals surface area (Å²) in [5.74, 6) is 0. The maximum atomic E-state index is 5.64. The van der Waals surface area contributed by atoms with Crippen molar-refractivity contribution in [3.63, 3.8) is 0 Å². The Balaban J connectivity index is 2.09. The quantitative estimate of drug-likeness (QED) is 0.787. The van der Waals surface area contributed by atoms with Gasteiger partial charge in [0.05, 0.1) is 0 Å². The second-order valence-corrected chi connectivity index (χ2v) is 3.90. The number of nitrogens with two attached hydrogens (primary N) is 1. The van der Waals surface area contributed by atoms with Crippen LogP contribution in [0.3, 0.4) is 0 Å². The normalized spacial score (nSPS) is 16.4. The highest BCUT2D eigenvalue weighted by Crippen LogP contribution is 2.28. The van der Waals surface area contributed by atoms with Crippen LogP contribution in [0.4, 0.5) is 5.69 Å². The number of hydrogen-bond donors (Lipinski definition) is 1. The van der Waals surface area contributed by atoms with Gasteiger partial charge in [-0.2, -0.15) is 0 Å². The first kappa shape index (κ1) is 9.53. The molecule has 1 aliphatic rings. The third kappa shape index (κ3) is 1.90. The smallest absolute Gasteiger partial charge is 0.0369 e. The van der Waals surface area contributed by atoms with Gasteiger partial charge in [0.2, 0.25) is 0 Å². The van der Waals surface area contributed by atoms with Crippen LogP contribution < -0.4 is 10.6 Å². The Kier molecular flexibility index (Phi) is 3.04. The van der Waals surface area contributed by atoms with E-state index in [4.69, 9.17) is 5.73 Å². The van der Waals surface area contributed by atoms with Gasteiger partial charge in [0.15, 0.2) is 0 Å². The van der Waals surface area contributed by atoms with E-state index in [1.54, 1.807) is 0 Å². The summed E-state index contributed by atoms with van der Waals surface area (Å²) in [5, 5.41) is 0. The van der Waals surface area contributed by atoms with Crippen LogP contribution in [0.1, 0.15) is 19.3 Å². The van der Waals surface area contributed by atoms with Gasteiger partial charge in [-0.25, -0.2) is 0 Å².